The number of aliphatic hydroxyl groups is 1. The summed E-state index contributed by atoms with van der Waals surface area (Å²) in [5.74, 6) is 0. The first-order chi connectivity index (χ1) is 8.63. The van der Waals surface area contributed by atoms with E-state index in [0.717, 1.165) is 28.7 Å². The second-order valence-corrected chi connectivity index (χ2v) is 5.26. The van der Waals surface area contributed by atoms with Crippen LogP contribution in [0.5, 0.6) is 0 Å². The molecule has 1 N–H and O–H groups in total. The number of aromatic nitrogens is 2. The number of aliphatic hydroxyl groups excluding tert-OH is 1. The summed E-state index contributed by atoms with van der Waals surface area (Å²) >= 11 is 3.51. The molecule has 1 aromatic carbocycles. The SMILES string of the molecule is CCCn1nccc1C(O)c1ccc(C)cc1Br. The summed E-state index contributed by atoms with van der Waals surface area (Å²) in [7, 11) is 0. The van der Waals surface area contributed by atoms with Gasteiger partial charge in [0.2, 0.25) is 0 Å². The summed E-state index contributed by atoms with van der Waals surface area (Å²) in [4.78, 5) is 0. The van der Waals surface area contributed by atoms with Gasteiger partial charge in [-0.15, -0.1) is 0 Å². The highest BCUT2D eigenvalue weighted by atomic mass is 79.9. The van der Waals surface area contributed by atoms with Crippen molar-refractivity contribution < 1.29 is 5.11 Å². The maximum absolute atomic E-state index is 10.5. The Morgan fingerprint density at radius 1 is 1.39 bits per heavy atom. The van der Waals surface area contributed by atoms with Gasteiger partial charge in [-0.3, -0.25) is 4.68 Å². The highest BCUT2D eigenvalue weighted by Gasteiger charge is 2.17. The molecule has 0 fully saturated rings. The molecule has 4 heteroatoms. The van der Waals surface area contributed by atoms with Gasteiger partial charge in [0.25, 0.3) is 0 Å². The summed E-state index contributed by atoms with van der Waals surface area (Å²) in [5, 5.41) is 14.7. The van der Waals surface area contributed by atoms with E-state index >= 15 is 0 Å². The molecule has 96 valence electrons. The Morgan fingerprint density at radius 2 is 2.17 bits per heavy atom. The topological polar surface area (TPSA) is 38.0 Å². The molecular weight excluding hydrogens is 292 g/mol. The molecule has 0 aliphatic heterocycles. The summed E-state index contributed by atoms with van der Waals surface area (Å²) < 4.78 is 2.79. The fourth-order valence-corrected chi connectivity index (χ4v) is 2.70. The minimum atomic E-state index is -0.644. The van der Waals surface area contributed by atoms with Gasteiger partial charge in [-0.1, -0.05) is 35.0 Å². The average molecular weight is 309 g/mol. The Morgan fingerprint density at radius 3 is 2.83 bits per heavy atom. The second-order valence-electron chi connectivity index (χ2n) is 4.41. The third kappa shape index (κ3) is 2.65. The molecule has 0 radical (unpaired) electrons. The van der Waals surface area contributed by atoms with E-state index in [1.807, 2.05) is 35.9 Å². The third-order valence-electron chi connectivity index (χ3n) is 2.92. The summed E-state index contributed by atoms with van der Waals surface area (Å²) in [6.45, 7) is 4.95. The van der Waals surface area contributed by atoms with Crippen molar-refractivity contribution in [2.45, 2.75) is 32.9 Å². The van der Waals surface area contributed by atoms with Crippen molar-refractivity contribution in [1.82, 2.24) is 9.78 Å². The van der Waals surface area contributed by atoms with Gasteiger partial charge in [-0.2, -0.15) is 5.10 Å². The standard InChI is InChI=1S/C14H17BrN2O/c1-3-8-17-13(6-7-16-17)14(18)11-5-4-10(2)9-12(11)15/h4-7,9,14,18H,3,8H2,1-2H3. The van der Waals surface area contributed by atoms with Crippen LogP contribution in [0.1, 0.15) is 36.3 Å². The molecule has 1 heterocycles. The predicted molar refractivity (Wildman–Crippen MR) is 75.5 cm³/mol. The number of hydrogen-bond acceptors (Lipinski definition) is 2. The number of nitrogens with zero attached hydrogens (tertiary/aromatic N) is 2. The molecular formula is C14H17BrN2O. The van der Waals surface area contributed by atoms with Crippen molar-refractivity contribution in [3.8, 4) is 0 Å². The number of halogens is 1. The molecule has 0 spiro atoms. The molecule has 18 heavy (non-hydrogen) atoms. The van der Waals surface area contributed by atoms with Crippen LogP contribution in [0.2, 0.25) is 0 Å². The fraction of sp³-hybridized carbons (Fsp3) is 0.357. The maximum Gasteiger partial charge on any atom is 0.122 e. The number of benzene rings is 1. The van der Waals surface area contributed by atoms with Gasteiger partial charge >= 0.3 is 0 Å². The highest BCUT2D eigenvalue weighted by Crippen LogP contribution is 2.29. The van der Waals surface area contributed by atoms with E-state index in [2.05, 4.69) is 28.0 Å². The van der Waals surface area contributed by atoms with Crippen molar-refractivity contribution in [2.24, 2.45) is 0 Å². The van der Waals surface area contributed by atoms with Gasteiger partial charge in [0, 0.05) is 22.8 Å². The van der Waals surface area contributed by atoms with Crippen molar-refractivity contribution in [1.29, 1.82) is 0 Å². The lowest BCUT2D eigenvalue weighted by Gasteiger charge is -2.15. The third-order valence-corrected chi connectivity index (χ3v) is 3.60. The molecule has 0 bridgehead atoms. The van der Waals surface area contributed by atoms with E-state index in [0.29, 0.717) is 0 Å². The Balaban J connectivity index is 2.35. The van der Waals surface area contributed by atoms with Crippen LogP contribution in [0, 0.1) is 6.92 Å². The van der Waals surface area contributed by atoms with Gasteiger partial charge in [0.05, 0.1) is 5.69 Å². The first kappa shape index (κ1) is 13.3. The molecule has 1 unspecified atom stereocenters. The Kier molecular flexibility index (Phi) is 4.19. The quantitative estimate of drug-likeness (QED) is 0.939. The van der Waals surface area contributed by atoms with Crippen LogP contribution in [0.4, 0.5) is 0 Å². The Labute approximate surface area is 116 Å². The molecule has 1 atom stereocenters. The van der Waals surface area contributed by atoms with Gasteiger partial charge in [0.1, 0.15) is 6.10 Å². The van der Waals surface area contributed by atoms with Crippen molar-refractivity contribution in [2.75, 3.05) is 0 Å². The van der Waals surface area contributed by atoms with E-state index < -0.39 is 6.10 Å². The van der Waals surface area contributed by atoms with Crippen molar-refractivity contribution in [3.63, 3.8) is 0 Å². The van der Waals surface area contributed by atoms with Gasteiger partial charge in [-0.25, -0.2) is 0 Å². The van der Waals surface area contributed by atoms with Crippen LogP contribution in [0.15, 0.2) is 34.9 Å². The number of rotatable bonds is 4. The molecule has 2 aromatic rings. The van der Waals surface area contributed by atoms with E-state index in [9.17, 15) is 5.11 Å². The first-order valence-electron chi connectivity index (χ1n) is 6.09. The molecule has 3 nitrogen and oxygen atoms in total. The average Bonchev–Trinajstić information content (AvgIpc) is 2.77. The molecule has 1 aromatic heterocycles. The zero-order valence-corrected chi connectivity index (χ0v) is 12.2. The van der Waals surface area contributed by atoms with Crippen LogP contribution in [-0.2, 0) is 6.54 Å². The van der Waals surface area contributed by atoms with Crippen LogP contribution < -0.4 is 0 Å². The highest BCUT2D eigenvalue weighted by molar-refractivity contribution is 9.10. The molecule has 0 aliphatic rings. The van der Waals surface area contributed by atoms with Gasteiger partial charge in [-0.05, 0) is 31.0 Å². The fourth-order valence-electron chi connectivity index (χ4n) is 1.99. The number of hydrogen-bond donors (Lipinski definition) is 1. The smallest absolute Gasteiger partial charge is 0.122 e. The van der Waals surface area contributed by atoms with Gasteiger partial charge in [0.15, 0.2) is 0 Å². The van der Waals surface area contributed by atoms with E-state index in [4.69, 9.17) is 0 Å². The van der Waals surface area contributed by atoms with Crippen molar-refractivity contribution in [3.05, 3.63) is 51.8 Å². The number of aryl methyl sites for hydroxylation is 2. The Bertz CT molecular complexity index is 536. The van der Waals surface area contributed by atoms with Crippen LogP contribution in [0.25, 0.3) is 0 Å². The van der Waals surface area contributed by atoms with E-state index in [1.165, 1.54) is 5.56 Å². The summed E-state index contributed by atoms with van der Waals surface area (Å²) in [6.07, 6.45) is 2.08. The normalized spacial score (nSPS) is 12.7. The lowest BCUT2D eigenvalue weighted by molar-refractivity contribution is 0.206. The molecule has 0 aliphatic carbocycles. The zero-order valence-electron chi connectivity index (χ0n) is 10.6. The summed E-state index contributed by atoms with van der Waals surface area (Å²) in [5.41, 5.74) is 2.87. The zero-order chi connectivity index (χ0) is 13.1. The summed E-state index contributed by atoms with van der Waals surface area (Å²) in [6, 6.07) is 7.84. The molecule has 0 amide bonds. The second kappa shape index (κ2) is 5.67. The Hall–Kier alpha value is -1.13. The minimum absolute atomic E-state index is 0.644. The lowest BCUT2D eigenvalue weighted by Crippen LogP contribution is -2.10. The molecule has 2 rings (SSSR count). The first-order valence-corrected chi connectivity index (χ1v) is 6.88. The molecule has 0 saturated heterocycles. The lowest BCUT2D eigenvalue weighted by atomic mass is 10.0. The predicted octanol–water partition coefficient (Wildman–Crippen LogP) is 3.45. The maximum atomic E-state index is 10.5. The van der Waals surface area contributed by atoms with Crippen molar-refractivity contribution >= 4 is 15.9 Å². The van der Waals surface area contributed by atoms with Crippen LogP contribution in [0.3, 0.4) is 0 Å². The van der Waals surface area contributed by atoms with Gasteiger partial charge < -0.3 is 5.11 Å². The molecule has 0 saturated carbocycles. The largest absolute Gasteiger partial charge is 0.382 e. The van der Waals surface area contributed by atoms with Crippen LogP contribution >= 0.6 is 15.9 Å². The minimum Gasteiger partial charge on any atom is -0.382 e. The monoisotopic (exact) mass is 308 g/mol. The van der Waals surface area contributed by atoms with E-state index in [1.54, 1.807) is 6.20 Å². The van der Waals surface area contributed by atoms with Crippen LogP contribution in [-0.4, -0.2) is 14.9 Å². The van der Waals surface area contributed by atoms with E-state index in [-0.39, 0.29) is 0 Å².